The third-order valence-electron chi connectivity index (χ3n) is 4.27. The van der Waals surface area contributed by atoms with Crippen LogP contribution in [0.2, 0.25) is 0 Å². The van der Waals surface area contributed by atoms with Crippen molar-refractivity contribution in [2.45, 2.75) is 19.4 Å². The van der Waals surface area contributed by atoms with E-state index in [4.69, 9.17) is 0 Å². The van der Waals surface area contributed by atoms with Crippen LogP contribution in [0.4, 0.5) is 0 Å². The summed E-state index contributed by atoms with van der Waals surface area (Å²) in [5.74, 6) is 1.89. The molecular weight excluding hydrogens is 268 g/mol. The van der Waals surface area contributed by atoms with Crippen molar-refractivity contribution in [1.29, 1.82) is 0 Å². The van der Waals surface area contributed by atoms with Gasteiger partial charge < -0.3 is 10.2 Å². The molecule has 0 bridgehead atoms. The van der Waals surface area contributed by atoms with E-state index in [1.165, 1.54) is 30.8 Å². The second-order valence-electron chi connectivity index (χ2n) is 5.81. The van der Waals surface area contributed by atoms with Gasteiger partial charge in [-0.1, -0.05) is 6.07 Å². The van der Waals surface area contributed by atoms with Crippen molar-refractivity contribution in [3.8, 4) is 0 Å². The summed E-state index contributed by atoms with van der Waals surface area (Å²) in [7, 11) is 2.11. The Balaban J connectivity index is 1.38. The maximum atomic E-state index is 4.49. The first kappa shape index (κ1) is 13.9. The molecule has 5 heteroatoms. The fraction of sp³-hybridized carbons (Fsp3) is 0.667. The minimum atomic E-state index is 0.797. The van der Waals surface area contributed by atoms with Gasteiger partial charge in [0.2, 0.25) is 0 Å². The largest absolute Gasteiger partial charge is 0.356 e. The molecule has 1 aromatic heterocycles. The lowest BCUT2D eigenvalue weighted by atomic mass is 9.97. The Bertz CT molecular complexity index is 435. The molecule has 3 rings (SSSR count). The van der Waals surface area contributed by atoms with E-state index in [1.54, 1.807) is 0 Å². The zero-order chi connectivity index (χ0) is 13.8. The highest BCUT2D eigenvalue weighted by Crippen LogP contribution is 2.20. The van der Waals surface area contributed by atoms with E-state index in [9.17, 15) is 0 Å². The number of aliphatic imine (C=N–C) groups is 1. The molecule has 2 aliphatic heterocycles. The van der Waals surface area contributed by atoms with Crippen molar-refractivity contribution >= 4 is 17.3 Å². The van der Waals surface area contributed by atoms with Crippen molar-refractivity contribution in [1.82, 2.24) is 15.1 Å². The molecule has 0 atom stereocenters. The number of hydrogen-bond donors (Lipinski definition) is 1. The lowest BCUT2D eigenvalue weighted by Gasteiger charge is -2.32. The van der Waals surface area contributed by atoms with Gasteiger partial charge in [-0.05, 0) is 43.3 Å². The number of rotatable bonds is 4. The Morgan fingerprint density at radius 1 is 1.35 bits per heavy atom. The summed E-state index contributed by atoms with van der Waals surface area (Å²) in [5.41, 5.74) is 0. The van der Waals surface area contributed by atoms with Crippen LogP contribution in [0.1, 0.15) is 17.7 Å². The molecule has 3 heterocycles. The van der Waals surface area contributed by atoms with Crippen molar-refractivity contribution in [2.75, 3.05) is 39.8 Å². The molecule has 0 spiro atoms. The van der Waals surface area contributed by atoms with Gasteiger partial charge in [-0.3, -0.25) is 9.89 Å². The maximum Gasteiger partial charge on any atom is 0.193 e. The molecule has 110 valence electrons. The number of piperidine rings is 1. The van der Waals surface area contributed by atoms with Gasteiger partial charge in [0.1, 0.15) is 0 Å². The highest BCUT2D eigenvalue weighted by atomic mass is 32.1. The first-order valence-corrected chi connectivity index (χ1v) is 8.43. The Kier molecular flexibility index (Phi) is 4.58. The van der Waals surface area contributed by atoms with E-state index in [0.29, 0.717) is 0 Å². The van der Waals surface area contributed by atoms with Crippen LogP contribution in [-0.2, 0) is 6.54 Å². The van der Waals surface area contributed by atoms with E-state index in [-0.39, 0.29) is 0 Å². The smallest absolute Gasteiger partial charge is 0.193 e. The summed E-state index contributed by atoms with van der Waals surface area (Å²) in [6.45, 7) is 6.67. The molecule has 20 heavy (non-hydrogen) atoms. The molecule has 0 aliphatic carbocycles. The van der Waals surface area contributed by atoms with Crippen LogP contribution in [-0.4, -0.2) is 55.5 Å². The summed E-state index contributed by atoms with van der Waals surface area (Å²) in [6.07, 6.45) is 2.60. The summed E-state index contributed by atoms with van der Waals surface area (Å²) in [6, 6.07) is 4.39. The molecule has 0 aromatic carbocycles. The summed E-state index contributed by atoms with van der Waals surface area (Å²) < 4.78 is 0. The molecule has 1 aromatic rings. The standard InChI is InChI=1S/C15H24N4S/c1-18-9-6-16-15(18)17-11-13-4-7-19(8-5-13)12-14-3-2-10-20-14/h2-3,10,13H,4-9,11-12H2,1H3,(H,16,17). The Hall–Kier alpha value is -1.07. The molecule has 1 saturated heterocycles. The van der Waals surface area contributed by atoms with E-state index in [0.717, 1.165) is 38.1 Å². The van der Waals surface area contributed by atoms with Crippen molar-refractivity contribution in [2.24, 2.45) is 10.9 Å². The van der Waals surface area contributed by atoms with Crippen LogP contribution in [0.5, 0.6) is 0 Å². The number of likely N-dealkylation sites (N-methyl/N-ethyl adjacent to an activating group) is 1. The summed E-state index contributed by atoms with van der Waals surface area (Å²) in [4.78, 5) is 10.8. The number of nitrogens with zero attached hydrogens (tertiary/aromatic N) is 3. The summed E-state index contributed by atoms with van der Waals surface area (Å²) >= 11 is 1.87. The third-order valence-corrected chi connectivity index (χ3v) is 5.14. The average molecular weight is 292 g/mol. The van der Waals surface area contributed by atoms with E-state index in [2.05, 4.69) is 44.7 Å². The lowest BCUT2D eigenvalue weighted by Crippen LogP contribution is -2.41. The number of likely N-dealkylation sites (tertiary alicyclic amines) is 1. The molecular formula is C15H24N4S. The first-order valence-electron chi connectivity index (χ1n) is 7.55. The predicted octanol–water partition coefficient (Wildman–Crippen LogP) is 1.85. The molecule has 0 amide bonds. The van der Waals surface area contributed by atoms with Crippen LogP contribution in [0.3, 0.4) is 0 Å². The average Bonchev–Trinajstić information content (AvgIpc) is 3.10. The summed E-state index contributed by atoms with van der Waals surface area (Å²) in [5, 5.41) is 5.69. The fourth-order valence-corrected chi connectivity index (χ4v) is 3.68. The topological polar surface area (TPSA) is 30.9 Å². The van der Waals surface area contributed by atoms with E-state index < -0.39 is 0 Å². The monoisotopic (exact) mass is 292 g/mol. The van der Waals surface area contributed by atoms with Gasteiger partial charge >= 0.3 is 0 Å². The normalized spacial score (nSPS) is 21.2. The van der Waals surface area contributed by atoms with Crippen LogP contribution in [0.15, 0.2) is 22.5 Å². The zero-order valence-corrected chi connectivity index (χ0v) is 13.0. The Morgan fingerprint density at radius 3 is 2.85 bits per heavy atom. The number of thiophene rings is 1. The highest BCUT2D eigenvalue weighted by Gasteiger charge is 2.20. The van der Waals surface area contributed by atoms with E-state index in [1.807, 2.05) is 11.3 Å². The minimum absolute atomic E-state index is 0.797. The van der Waals surface area contributed by atoms with E-state index >= 15 is 0 Å². The number of nitrogens with one attached hydrogen (secondary N) is 1. The molecule has 0 radical (unpaired) electrons. The Morgan fingerprint density at radius 2 is 2.20 bits per heavy atom. The molecule has 4 nitrogen and oxygen atoms in total. The van der Waals surface area contributed by atoms with Gasteiger partial charge in [0.15, 0.2) is 5.96 Å². The first-order chi connectivity index (χ1) is 9.81. The quantitative estimate of drug-likeness (QED) is 0.919. The van der Waals surface area contributed by atoms with Crippen molar-refractivity contribution in [3.63, 3.8) is 0 Å². The second kappa shape index (κ2) is 6.59. The van der Waals surface area contributed by atoms with Crippen LogP contribution < -0.4 is 5.32 Å². The van der Waals surface area contributed by atoms with Crippen molar-refractivity contribution < 1.29 is 0 Å². The second-order valence-corrected chi connectivity index (χ2v) is 6.84. The SMILES string of the molecule is CN1CCN=C1NCC1CCN(Cc2cccs2)CC1. The van der Waals surface area contributed by atoms with Crippen LogP contribution >= 0.6 is 11.3 Å². The zero-order valence-electron chi connectivity index (χ0n) is 12.2. The minimum Gasteiger partial charge on any atom is -0.356 e. The third kappa shape index (κ3) is 3.52. The molecule has 0 saturated carbocycles. The van der Waals surface area contributed by atoms with Gasteiger partial charge in [-0.15, -0.1) is 11.3 Å². The molecule has 1 N–H and O–H groups in total. The number of guanidine groups is 1. The maximum absolute atomic E-state index is 4.49. The fourth-order valence-electron chi connectivity index (χ4n) is 2.93. The van der Waals surface area contributed by atoms with Gasteiger partial charge in [0.05, 0.1) is 6.54 Å². The van der Waals surface area contributed by atoms with Gasteiger partial charge in [-0.2, -0.15) is 0 Å². The molecule has 1 fully saturated rings. The van der Waals surface area contributed by atoms with Gasteiger partial charge in [0.25, 0.3) is 0 Å². The van der Waals surface area contributed by atoms with Gasteiger partial charge in [-0.25, -0.2) is 0 Å². The highest BCUT2D eigenvalue weighted by molar-refractivity contribution is 7.09. The van der Waals surface area contributed by atoms with Crippen molar-refractivity contribution in [3.05, 3.63) is 22.4 Å². The van der Waals surface area contributed by atoms with Gasteiger partial charge in [0, 0.05) is 31.6 Å². The van der Waals surface area contributed by atoms with Crippen LogP contribution in [0.25, 0.3) is 0 Å². The predicted molar refractivity (Wildman–Crippen MR) is 85.3 cm³/mol. The molecule has 0 unspecified atom stereocenters. The lowest BCUT2D eigenvalue weighted by molar-refractivity contribution is 0.179. The van der Waals surface area contributed by atoms with Crippen LogP contribution in [0, 0.1) is 5.92 Å². The molecule has 2 aliphatic rings. The Labute approximate surface area is 125 Å². The number of hydrogen-bond acceptors (Lipinski definition) is 5.